The second-order valence-corrected chi connectivity index (χ2v) is 5.51. The van der Waals surface area contributed by atoms with Crippen molar-refractivity contribution in [2.24, 2.45) is 0 Å². The average molecular weight is 251 g/mol. The largest absolute Gasteiger partial charge is 0.333 e. The van der Waals surface area contributed by atoms with Gasteiger partial charge in [0.05, 0.1) is 10.9 Å². The van der Waals surface area contributed by atoms with Gasteiger partial charge in [0.15, 0.2) is 0 Å². The van der Waals surface area contributed by atoms with Crippen molar-refractivity contribution in [3.63, 3.8) is 0 Å². The molecule has 0 aromatic carbocycles. The molecule has 2 heterocycles. The zero-order chi connectivity index (χ0) is 11.5. The van der Waals surface area contributed by atoms with Crippen molar-refractivity contribution in [3.8, 4) is 0 Å². The van der Waals surface area contributed by atoms with E-state index in [1.54, 1.807) is 16.2 Å². The van der Waals surface area contributed by atoms with Gasteiger partial charge in [0, 0.05) is 11.9 Å². The van der Waals surface area contributed by atoms with Crippen molar-refractivity contribution in [1.82, 2.24) is 4.90 Å². The highest BCUT2D eigenvalue weighted by molar-refractivity contribution is 7.12. The first kappa shape index (κ1) is 11.4. The fraction of sp³-hybridized carbons (Fsp3) is 0.250. The van der Waals surface area contributed by atoms with Crippen LogP contribution < -0.4 is 0 Å². The predicted octanol–water partition coefficient (Wildman–Crippen LogP) is 3.64. The summed E-state index contributed by atoms with van der Waals surface area (Å²) in [5, 5.41) is 3.96. The fourth-order valence-corrected chi connectivity index (χ4v) is 3.00. The second kappa shape index (κ2) is 4.80. The average Bonchev–Trinajstić information content (AvgIpc) is 2.97. The minimum Gasteiger partial charge on any atom is -0.333 e. The number of hydrogen-bond donors (Lipinski definition) is 0. The lowest BCUT2D eigenvalue weighted by Gasteiger charge is -2.23. The van der Waals surface area contributed by atoms with Crippen LogP contribution in [0.3, 0.4) is 0 Å². The van der Waals surface area contributed by atoms with E-state index in [-0.39, 0.29) is 11.9 Å². The second-order valence-electron chi connectivity index (χ2n) is 3.58. The number of carbonyl (C=O) groups excluding carboxylic acids is 1. The van der Waals surface area contributed by atoms with Crippen LogP contribution in [-0.4, -0.2) is 17.9 Å². The van der Waals surface area contributed by atoms with Gasteiger partial charge in [0.2, 0.25) is 0 Å². The molecule has 84 valence electrons. The molecule has 2 rings (SSSR count). The van der Waals surface area contributed by atoms with Gasteiger partial charge < -0.3 is 4.90 Å². The molecule has 0 aliphatic heterocycles. The quantitative estimate of drug-likeness (QED) is 0.815. The van der Waals surface area contributed by atoms with E-state index in [0.29, 0.717) is 0 Å². The third kappa shape index (κ3) is 2.18. The Balaban J connectivity index is 2.14. The van der Waals surface area contributed by atoms with Crippen LogP contribution in [0.1, 0.15) is 27.5 Å². The lowest BCUT2D eigenvalue weighted by atomic mass is 10.2. The Morgan fingerprint density at radius 3 is 2.50 bits per heavy atom. The lowest BCUT2D eigenvalue weighted by Crippen LogP contribution is -2.28. The van der Waals surface area contributed by atoms with Crippen LogP contribution in [0.15, 0.2) is 35.0 Å². The summed E-state index contributed by atoms with van der Waals surface area (Å²) in [6, 6.07) is 7.98. The molecule has 1 unspecified atom stereocenters. The highest BCUT2D eigenvalue weighted by Gasteiger charge is 2.19. The maximum atomic E-state index is 12.1. The Bertz CT molecular complexity index is 447. The van der Waals surface area contributed by atoms with E-state index in [0.717, 1.165) is 4.88 Å². The number of carbonyl (C=O) groups is 1. The number of hydrogen-bond acceptors (Lipinski definition) is 3. The lowest BCUT2D eigenvalue weighted by molar-refractivity contribution is 0.0750. The Morgan fingerprint density at radius 2 is 1.94 bits per heavy atom. The Kier molecular flexibility index (Phi) is 3.41. The molecule has 0 spiro atoms. The molecule has 4 heteroatoms. The molecular formula is C12H13NOS2. The third-order valence-corrected chi connectivity index (χ3v) is 4.49. The fourth-order valence-electron chi connectivity index (χ4n) is 1.47. The normalized spacial score (nSPS) is 12.4. The molecule has 1 atom stereocenters. The molecule has 16 heavy (non-hydrogen) atoms. The van der Waals surface area contributed by atoms with Crippen LogP contribution in [0.5, 0.6) is 0 Å². The van der Waals surface area contributed by atoms with E-state index in [4.69, 9.17) is 0 Å². The molecule has 0 N–H and O–H groups in total. The van der Waals surface area contributed by atoms with E-state index in [1.165, 1.54) is 16.2 Å². The number of nitrogens with zero attached hydrogens (tertiary/aromatic N) is 1. The molecule has 0 radical (unpaired) electrons. The molecule has 2 nitrogen and oxygen atoms in total. The maximum Gasteiger partial charge on any atom is 0.264 e. The van der Waals surface area contributed by atoms with E-state index < -0.39 is 0 Å². The number of amides is 1. The van der Waals surface area contributed by atoms with E-state index >= 15 is 0 Å². The standard InChI is InChI=1S/C12H13NOS2/c1-9(10-5-3-7-15-10)13(2)12(14)11-6-4-8-16-11/h3-9H,1-2H3. The first-order valence-electron chi connectivity index (χ1n) is 5.04. The summed E-state index contributed by atoms with van der Waals surface area (Å²) in [6.45, 7) is 2.05. The number of rotatable bonds is 3. The van der Waals surface area contributed by atoms with Crippen LogP contribution >= 0.6 is 22.7 Å². The van der Waals surface area contributed by atoms with Crippen molar-refractivity contribution in [1.29, 1.82) is 0 Å². The number of thiophene rings is 2. The first-order chi connectivity index (χ1) is 7.70. The molecule has 0 bridgehead atoms. The van der Waals surface area contributed by atoms with Gasteiger partial charge in [-0.2, -0.15) is 0 Å². The zero-order valence-corrected chi connectivity index (χ0v) is 10.8. The van der Waals surface area contributed by atoms with Crippen LogP contribution in [0.4, 0.5) is 0 Å². The van der Waals surface area contributed by atoms with Crippen molar-refractivity contribution in [2.45, 2.75) is 13.0 Å². The van der Waals surface area contributed by atoms with Crippen LogP contribution in [0.2, 0.25) is 0 Å². The van der Waals surface area contributed by atoms with Gasteiger partial charge in [-0.15, -0.1) is 22.7 Å². The Morgan fingerprint density at radius 1 is 1.25 bits per heavy atom. The zero-order valence-electron chi connectivity index (χ0n) is 9.21. The summed E-state index contributed by atoms with van der Waals surface area (Å²) in [6.07, 6.45) is 0. The van der Waals surface area contributed by atoms with Gasteiger partial charge >= 0.3 is 0 Å². The van der Waals surface area contributed by atoms with Gasteiger partial charge in [-0.05, 0) is 29.8 Å². The van der Waals surface area contributed by atoms with Gasteiger partial charge in [0.1, 0.15) is 0 Å². The summed E-state index contributed by atoms with van der Waals surface area (Å²) < 4.78 is 0. The molecule has 0 aliphatic rings. The SMILES string of the molecule is CC(c1cccs1)N(C)C(=O)c1cccs1. The van der Waals surface area contributed by atoms with E-state index in [1.807, 2.05) is 36.0 Å². The minimum atomic E-state index is 0.0934. The molecule has 2 aromatic heterocycles. The van der Waals surface area contributed by atoms with Gasteiger partial charge in [0.25, 0.3) is 5.91 Å². The smallest absolute Gasteiger partial charge is 0.264 e. The molecule has 0 saturated heterocycles. The van der Waals surface area contributed by atoms with E-state index in [9.17, 15) is 4.79 Å². The molecular weight excluding hydrogens is 238 g/mol. The molecule has 2 aromatic rings. The summed E-state index contributed by atoms with van der Waals surface area (Å²) in [7, 11) is 1.85. The van der Waals surface area contributed by atoms with Crippen molar-refractivity contribution in [3.05, 3.63) is 44.8 Å². The minimum absolute atomic E-state index is 0.0934. The summed E-state index contributed by atoms with van der Waals surface area (Å²) in [5.74, 6) is 0.0934. The molecule has 1 amide bonds. The van der Waals surface area contributed by atoms with Gasteiger partial charge in [-0.25, -0.2) is 0 Å². The Hall–Kier alpha value is -1.13. The van der Waals surface area contributed by atoms with Crippen molar-refractivity contribution < 1.29 is 4.79 Å². The van der Waals surface area contributed by atoms with Crippen molar-refractivity contribution in [2.75, 3.05) is 7.05 Å². The van der Waals surface area contributed by atoms with Crippen molar-refractivity contribution >= 4 is 28.6 Å². The monoisotopic (exact) mass is 251 g/mol. The Labute approximate surface area is 103 Å². The third-order valence-electron chi connectivity index (χ3n) is 2.59. The molecule has 0 saturated carbocycles. The molecule has 0 aliphatic carbocycles. The molecule has 0 fully saturated rings. The highest BCUT2D eigenvalue weighted by Crippen LogP contribution is 2.25. The van der Waals surface area contributed by atoms with E-state index in [2.05, 4.69) is 13.0 Å². The topological polar surface area (TPSA) is 20.3 Å². The maximum absolute atomic E-state index is 12.1. The van der Waals surface area contributed by atoms with Crippen LogP contribution in [-0.2, 0) is 0 Å². The summed E-state index contributed by atoms with van der Waals surface area (Å²) in [4.78, 5) is 15.9. The van der Waals surface area contributed by atoms with Crippen LogP contribution in [0, 0.1) is 0 Å². The summed E-state index contributed by atoms with van der Waals surface area (Å²) >= 11 is 3.17. The predicted molar refractivity (Wildman–Crippen MR) is 69.1 cm³/mol. The summed E-state index contributed by atoms with van der Waals surface area (Å²) in [5.41, 5.74) is 0. The van der Waals surface area contributed by atoms with Gasteiger partial charge in [-0.3, -0.25) is 4.79 Å². The van der Waals surface area contributed by atoms with Crippen LogP contribution in [0.25, 0.3) is 0 Å². The van der Waals surface area contributed by atoms with Gasteiger partial charge in [-0.1, -0.05) is 12.1 Å². The highest BCUT2D eigenvalue weighted by atomic mass is 32.1. The first-order valence-corrected chi connectivity index (χ1v) is 6.80.